The summed E-state index contributed by atoms with van der Waals surface area (Å²) in [6, 6.07) is 6.66. The lowest BCUT2D eigenvalue weighted by Crippen LogP contribution is -2.31. The Kier molecular flexibility index (Phi) is 5.46. The van der Waals surface area contributed by atoms with Crippen LogP contribution in [0.15, 0.2) is 36.7 Å². The molecule has 1 heterocycles. The maximum atomic E-state index is 12.0. The third kappa shape index (κ3) is 4.64. The molecule has 0 aliphatic rings. The molecule has 0 saturated carbocycles. The Morgan fingerprint density at radius 3 is 2.87 bits per heavy atom. The van der Waals surface area contributed by atoms with Gasteiger partial charge in [0.05, 0.1) is 11.3 Å². The van der Waals surface area contributed by atoms with Gasteiger partial charge in [0, 0.05) is 37.1 Å². The number of nitrogens with one attached hydrogen (secondary N) is 1. The lowest BCUT2D eigenvalue weighted by atomic mass is 10.0. The highest BCUT2D eigenvalue weighted by Crippen LogP contribution is 2.21. The second-order valence-electron chi connectivity index (χ2n) is 5.63. The van der Waals surface area contributed by atoms with Crippen molar-refractivity contribution in [1.29, 1.82) is 0 Å². The summed E-state index contributed by atoms with van der Waals surface area (Å²) in [5.74, 6) is 0.103. The second kappa shape index (κ2) is 7.53. The van der Waals surface area contributed by atoms with E-state index in [-0.39, 0.29) is 23.9 Å². The number of nitro benzene ring substituents is 1. The summed E-state index contributed by atoms with van der Waals surface area (Å²) in [5, 5.41) is 17.9. The lowest BCUT2D eigenvalue weighted by Gasteiger charge is -2.13. The molecule has 1 N–H and O–H groups in total. The SMILES string of the molecule is Cc1c(CC(=O)NC[C@@H](C)Cn2cccn2)cccc1[N+](=O)[O-]. The van der Waals surface area contributed by atoms with Gasteiger partial charge in [-0.05, 0) is 24.5 Å². The molecule has 0 unspecified atom stereocenters. The Labute approximate surface area is 134 Å². The fraction of sp³-hybridized carbons (Fsp3) is 0.375. The molecule has 122 valence electrons. The van der Waals surface area contributed by atoms with Crippen molar-refractivity contribution in [2.24, 2.45) is 5.92 Å². The zero-order chi connectivity index (χ0) is 16.8. The van der Waals surface area contributed by atoms with Crippen molar-refractivity contribution in [1.82, 2.24) is 15.1 Å². The number of nitrogens with zero attached hydrogens (tertiary/aromatic N) is 3. The summed E-state index contributed by atoms with van der Waals surface area (Å²) < 4.78 is 1.82. The van der Waals surface area contributed by atoms with E-state index in [2.05, 4.69) is 10.4 Å². The first-order valence-corrected chi connectivity index (χ1v) is 7.44. The summed E-state index contributed by atoms with van der Waals surface area (Å²) in [4.78, 5) is 22.5. The van der Waals surface area contributed by atoms with E-state index in [0.29, 0.717) is 17.7 Å². The van der Waals surface area contributed by atoms with Gasteiger partial charge in [-0.1, -0.05) is 19.1 Å². The monoisotopic (exact) mass is 316 g/mol. The molecule has 1 aromatic heterocycles. The average Bonchev–Trinajstić information content (AvgIpc) is 3.00. The standard InChI is InChI=1S/C16H20N4O3/c1-12(11-19-8-4-7-18-19)10-17-16(21)9-14-5-3-6-15(13(14)2)20(22)23/h3-8,12H,9-11H2,1-2H3,(H,17,21)/t12-/m1/s1. The Bertz CT molecular complexity index is 683. The van der Waals surface area contributed by atoms with Crippen molar-refractivity contribution in [2.45, 2.75) is 26.8 Å². The van der Waals surface area contributed by atoms with E-state index in [9.17, 15) is 14.9 Å². The highest BCUT2D eigenvalue weighted by molar-refractivity contribution is 5.79. The van der Waals surface area contributed by atoms with Gasteiger partial charge in [-0.2, -0.15) is 5.10 Å². The Hall–Kier alpha value is -2.70. The zero-order valence-electron chi connectivity index (χ0n) is 13.2. The molecule has 0 saturated heterocycles. The lowest BCUT2D eigenvalue weighted by molar-refractivity contribution is -0.385. The Balaban J connectivity index is 1.87. The van der Waals surface area contributed by atoms with Crippen molar-refractivity contribution in [3.05, 3.63) is 57.9 Å². The largest absolute Gasteiger partial charge is 0.355 e. The van der Waals surface area contributed by atoms with E-state index in [1.54, 1.807) is 25.3 Å². The number of rotatable bonds is 7. The number of carbonyl (C=O) groups is 1. The van der Waals surface area contributed by atoms with Crippen molar-refractivity contribution in [2.75, 3.05) is 6.54 Å². The van der Waals surface area contributed by atoms with E-state index in [0.717, 1.165) is 6.54 Å². The molecule has 0 spiro atoms. The molecule has 0 radical (unpaired) electrons. The van der Waals surface area contributed by atoms with Gasteiger partial charge in [0.25, 0.3) is 5.69 Å². The van der Waals surface area contributed by atoms with Gasteiger partial charge in [0.1, 0.15) is 0 Å². The van der Waals surface area contributed by atoms with Crippen LogP contribution >= 0.6 is 0 Å². The summed E-state index contributed by atoms with van der Waals surface area (Å²) in [7, 11) is 0. The highest BCUT2D eigenvalue weighted by atomic mass is 16.6. The van der Waals surface area contributed by atoms with Crippen LogP contribution in [0.25, 0.3) is 0 Å². The molecule has 0 aliphatic heterocycles. The summed E-state index contributed by atoms with van der Waals surface area (Å²) in [5.41, 5.74) is 1.26. The minimum atomic E-state index is -0.428. The molecule has 0 fully saturated rings. The number of benzene rings is 1. The van der Waals surface area contributed by atoms with Crippen LogP contribution in [0.3, 0.4) is 0 Å². The fourth-order valence-electron chi connectivity index (χ4n) is 2.38. The maximum Gasteiger partial charge on any atom is 0.272 e. The molecule has 1 amide bonds. The van der Waals surface area contributed by atoms with Gasteiger partial charge in [-0.15, -0.1) is 0 Å². The number of hydrogen-bond donors (Lipinski definition) is 1. The van der Waals surface area contributed by atoms with Crippen LogP contribution in [0.4, 0.5) is 5.69 Å². The van der Waals surface area contributed by atoms with Gasteiger partial charge >= 0.3 is 0 Å². The van der Waals surface area contributed by atoms with Crippen LogP contribution in [0.5, 0.6) is 0 Å². The van der Waals surface area contributed by atoms with Gasteiger partial charge in [0.2, 0.25) is 5.91 Å². The Morgan fingerprint density at radius 2 is 2.22 bits per heavy atom. The molecule has 0 aliphatic carbocycles. The topological polar surface area (TPSA) is 90.1 Å². The van der Waals surface area contributed by atoms with Crippen molar-refractivity contribution >= 4 is 11.6 Å². The first kappa shape index (κ1) is 16.7. The van der Waals surface area contributed by atoms with Gasteiger partial charge in [-0.25, -0.2) is 0 Å². The number of nitro groups is 1. The van der Waals surface area contributed by atoms with E-state index in [1.165, 1.54) is 6.07 Å². The van der Waals surface area contributed by atoms with E-state index >= 15 is 0 Å². The molecular weight excluding hydrogens is 296 g/mol. The highest BCUT2D eigenvalue weighted by Gasteiger charge is 2.15. The first-order chi connectivity index (χ1) is 11.0. The van der Waals surface area contributed by atoms with E-state index in [4.69, 9.17) is 0 Å². The number of carbonyl (C=O) groups excluding carboxylic acids is 1. The molecule has 2 rings (SSSR count). The fourth-order valence-corrected chi connectivity index (χ4v) is 2.38. The number of hydrogen-bond acceptors (Lipinski definition) is 4. The second-order valence-corrected chi connectivity index (χ2v) is 5.63. The summed E-state index contributed by atoms with van der Waals surface area (Å²) >= 11 is 0. The number of amides is 1. The molecule has 7 nitrogen and oxygen atoms in total. The van der Waals surface area contributed by atoms with E-state index in [1.807, 2.05) is 23.9 Å². The van der Waals surface area contributed by atoms with Crippen LogP contribution in [0.2, 0.25) is 0 Å². The van der Waals surface area contributed by atoms with Crippen LogP contribution < -0.4 is 5.32 Å². The third-order valence-corrected chi connectivity index (χ3v) is 3.67. The predicted octanol–water partition coefficient (Wildman–Crippen LogP) is 2.09. The summed E-state index contributed by atoms with van der Waals surface area (Å²) in [6.45, 7) is 4.96. The molecule has 7 heteroatoms. The normalized spacial score (nSPS) is 11.9. The molecular formula is C16H20N4O3. The molecule has 1 atom stereocenters. The molecule has 2 aromatic rings. The minimum absolute atomic E-state index is 0.0438. The minimum Gasteiger partial charge on any atom is -0.355 e. The van der Waals surface area contributed by atoms with Crippen molar-refractivity contribution in [3.63, 3.8) is 0 Å². The van der Waals surface area contributed by atoms with Gasteiger partial charge in [0.15, 0.2) is 0 Å². The van der Waals surface area contributed by atoms with Crippen LogP contribution in [0, 0.1) is 23.0 Å². The molecule has 23 heavy (non-hydrogen) atoms. The zero-order valence-corrected chi connectivity index (χ0v) is 13.2. The Morgan fingerprint density at radius 1 is 1.43 bits per heavy atom. The third-order valence-electron chi connectivity index (χ3n) is 3.67. The molecule has 1 aromatic carbocycles. The van der Waals surface area contributed by atoms with Crippen molar-refractivity contribution in [3.8, 4) is 0 Å². The van der Waals surface area contributed by atoms with Gasteiger partial charge < -0.3 is 5.32 Å². The maximum absolute atomic E-state index is 12.0. The number of aromatic nitrogens is 2. The average molecular weight is 316 g/mol. The van der Waals surface area contributed by atoms with Gasteiger partial charge in [-0.3, -0.25) is 19.6 Å². The van der Waals surface area contributed by atoms with Crippen LogP contribution in [-0.4, -0.2) is 27.2 Å². The predicted molar refractivity (Wildman–Crippen MR) is 85.9 cm³/mol. The quantitative estimate of drug-likeness (QED) is 0.625. The first-order valence-electron chi connectivity index (χ1n) is 7.44. The molecule has 0 bridgehead atoms. The van der Waals surface area contributed by atoms with Crippen LogP contribution in [0.1, 0.15) is 18.1 Å². The van der Waals surface area contributed by atoms with Crippen molar-refractivity contribution < 1.29 is 9.72 Å². The smallest absolute Gasteiger partial charge is 0.272 e. The van der Waals surface area contributed by atoms with Crippen LogP contribution in [-0.2, 0) is 17.8 Å². The summed E-state index contributed by atoms with van der Waals surface area (Å²) in [6.07, 6.45) is 3.74. The van der Waals surface area contributed by atoms with E-state index < -0.39 is 4.92 Å².